The first-order valence-electron chi connectivity index (χ1n) is 7.92. The minimum atomic E-state index is -3.94. The molecule has 11 heteroatoms. The van der Waals surface area contributed by atoms with E-state index in [-0.39, 0.29) is 21.2 Å². The monoisotopic (exact) mass is 431 g/mol. The number of benzene rings is 1. The van der Waals surface area contributed by atoms with Gasteiger partial charge in [-0.2, -0.15) is 4.31 Å². The molecular formula is C16H18ClN3O5S2. The zero-order chi connectivity index (χ0) is 20.2. The van der Waals surface area contributed by atoms with Crippen molar-refractivity contribution >= 4 is 41.4 Å². The Hall–Kier alpha value is -2.01. The highest BCUT2D eigenvalue weighted by molar-refractivity contribution is 8.13. The van der Waals surface area contributed by atoms with Gasteiger partial charge in [0.05, 0.1) is 16.8 Å². The lowest BCUT2D eigenvalue weighted by molar-refractivity contribution is 0.102. The fourth-order valence-corrected chi connectivity index (χ4v) is 4.43. The normalized spacial score (nSPS) is 12.1. The van der Waals surface area contributed by atoms with Crippen molar-refractivity contribution in [1.29, 1.82) is 0 Å². The zero-order valence-electron chi connectivity index (χ0n) is 14.6. The molecule has 0 atom stereocenters. The van der Waals surface area contributed by atoms with Crippen LogP contribution in [-0.4, -0.2) is 45.1 Å². The maximum Gasteiger partial charge on any atom is 0.278 e. The van der Waals surface area contributed by atoms with Gasteiger partial charge in [0, 0.05) is 29.3 Å². The molecule has 8 nitrogen and oxygen atoms in total. The summed E-state index contributed by atoms with van der Waals surface area (Å²) in [6.45, 7) is 4.19. The summed E-state index contributed by atoms with van der Waals surface area (Å²) in [6.07, 6.45) is 1.16. The van der Waals surface area contributed by atoms with E-state index in [1.807, 2.05) is 0 Å². The molecule has 1 amide bonds. The lowest BCUT2D eigenvalue weighted by Gasteiger charge is -2.18. The van der Waals surface area contributed by atoms with Crippen LogP contribution in [0.1, 0.15) is 24.2 Å². The summed E-state index contributed by atoms with van der Waals surface area (Å²) in [5.74, 6) is -0.495. The molecule has 0 aliphatic carbocycles. The molecule has 0 aliphatic rings. The highest BCUT2D eigenvalue weighted by Crippen LogP contribution is 2.18. The maximum absolute atomic E-state index is 12.4. The molecule has 0 bridgehead atoms. The number of carbonyl (C=O) groups excluding carboxylic acids is 1. The summed E-state index contributed by atoms with van der Waals surface area (Å²) < 4.78 is 48.5. The number of pyridine rings is 1. The fraction of sp³-hybridized carbons (Fsp3) is 0.250. The Morgan fingerprint density at radius 2 is 1.63 bits per heavy atom. The number of nitrogens with one attached hydrogen (secondary N) is 1. The topological polar surface area (TPSA) is 114 Å². The highest BCUT2D eigenvalue weighted by Gasteiger charge is 2.21. The molecule has 0 radical (unpaired) electrons. The summed E-state index contributed by atoms with van der Waals surface area (Å²) in [6, 6.07) is 8.04. The number of amides is 1. The molecule has 0 saturated carbocycles. The summed E-state index contributed by atoms with van der Waals surface area (Å²) in [5, 5.41) is 2.22. The predicted molar refractivity (Wildman–Crippen MR) is 102 cm³/mol. The number of anilines is 1. The molecule has 1 heterocycles. The molecule has 27 heavy (non-hydrogen) atoms. The van der Waals surface area contributed by atoms with E-state index in [1.54, 1.807) is 13.8 Å². The van der Waals surface area contributed by atoms with Crippen molar-refractivity contribution in [3.8, 4) is 0 Å². The molecule has 0 saturated heterocycles. The van der Waals surface area contributed by atoms with Gasteiger partial charge in [0.1, 0.15) is 0 Å². The Balaban J connectivity index is 2.16. The summed E-state index contributed by atoms with van der Waals surface area (Å²) in [7, 11) is -2.36. The number of aromatic nitrogens is 1. The van der Waals surface area contributed by atoms with Crippen LogP contribution in [0, 0.1) is 0 Å². The van der Waals surface area contributed by atoms with E-state index in [9.17, 15) is 21.6 Å². The van der Waals surface area contributed by atoms with E-state index < -0.39 is 25.0 Å². The van der Waals surface area contributed by atoms with Crippen LogP contribution in [-0.2, 0) is 19.1 Å². The van der Waals surface area contributed by atoms with Gasteiger partial charge in [0.2, 0.25) is 10.0 Å². The molecule has 0 unspecified atom stereocenters. The van der Waals surface area contributed by atoms with Crippen LogP contribution >= 0.6 is 10.7 Å². The minimum absolute atomic E-state index is 0.0982. The van der Waals surface area contributed by atoms with Crippen molar-refractivity contribution in [3.05, 3.63) is 48.2 Å². The van der Waals surface area contributed by atoms with E-state index in [1.165, 1.54) is 34.6 Å². The van der Waals surface area contributed by atoms with Crippen LogP contribution in [0.4, 0.5) is 5.69 Å². The summed E-state index contributed by atoms with van der Waals surface area (Å²) in [5.41, 5.74) is 0.506. The third kappa shape index (κ3) is 5.04. The van der Waals surface area contributed by atoms with Crippen molar-refractivity contribution in [2.75, 3.05) is 18.4 Å². The summed E-state index contributed by atoms with van der Waals surface area (Å²) >= 11 is 0. The van der Waals surface area contributed by atoms with Crippen molar-refractivity contribution in [2.45, 2.75) is 23.8 Å². The standard InChI is InChI=1S/C16H18ClN3O5S2/c1-3-20(4-2)27(24,25)14-8-5-12(6-9-14)16(21)19-13-7-10-15(18-11-13)26(17,22)23/h5-11H,3-4H2,1-2H3,(H,19,21). The first-order chi connectivity index (χ1) is 12.6. The van der Waals surface area contributed by atoms with Gasteiger partial charge in [-0.25, -0.2) is 21.8 Å². The minimum Gasteiger partial charge on any atom is -0.321 e. The Labute approximate surface area is 162 Å². The molecule has 1 aromatic heterocycles. The fourth-order valence-electron chi connectivity index (χ4n) is 2.29. The number of halogens is 1. The molecule has 2 rings (SSSR count). The van der Waals surface area contributed by atoms with Crippen LogP contribution in [0.5, 0.6) is 0 Å². The Morgan fingerprint density at radius 1 is 1.04 bits per heavy atom. The number of hydrogen-bond acceptors (Lipinski definition) is 6. The van der Waals surface area contributed by atoms with Gasteiger partial charge in [-0.05, 0) is 36.4 Å². The second-order valence-corrected chi connectivity index (χ2v) is 9.84. The second kappa shape index (κ2) is 8.34. The smallest absolute Gasteiger partial charge is 0.278 e. The van der Waals surface area contributed by atoms with Gasteiger partial charge in [-0.15, -0.1) is 0 Å². The largest absolute Gasteiger partial charge is 0.321 e. The van der Waals surface area contributed by atoms with Gasteiger partial charge in [0.15, 0.2) is 5.03 Å². The van der Waals surface area contributed by atoms with Crippen molar-refractivity contribution < 1.29 is 21.6 Å². The predicted octanol–water partition coefficient (Wildman–Crippen LogP) is 2.29. The van der Waals surface area contributed by atoms with Crippen LogP contribution in [0.3, 0.4) is 0 Å². The Bertz CT molecular complexity index is 1020. The van der Waals surface area contributed by atoms with Gasteiger partial charge >= 0.3 is 0 Å². The van der Waals surface area contributed by atoms with Crippen LogP contribution in [0.2, 0.25) is 0 Å². The SMILES string of the molecule is CCN(CC)S(=O)(=O)c1ccc(C(=O)Nc2ccc(S(=O)(=O)Cl)nc2)cc1. The molecular weight excluding hydrogens is 414 g/mol. The van der Waals surface area contributed by atoms with E-state index in [4.69, 9.17) is 10.7 Å². The van der Waals surface area contributed by atoms with Crippen molar-refractivity contribution in [2.24, 2.45) is 0 Å². The molecule has 1 aromatic carbocycles. The number of rotatable bonds is 7. The molecule has 146 valence electrons. The maximum atomic E-state index is 12.4. The van der Waals surface area contributed by atoms with E-state index >= 15 is 0 Å². The number of hydrogen-bond donors (Lipinski definition) is 1. The lowest BCUT2D eigenvalue weighted by Crippen LogP contribution is -2.30. The third-order valence-electron chi connectivity index (χ3n) is 3.70. The quantitative estimate of drug-likeness (QED) is 0.673. The lowest BCUT2D eigenvalue weighted by atomic mass is 10.2. The third-order valence-corrected chi connectivity index (χ3v) is 6.98. The van der Waals surface area contributed by atoms with E-state index in [2.05, 4.69) is 10.3 Å². The Kier molecular flexibility index (Phi) is 6.58. The van der Waals surface area contributed by atoms with Gasteiger partial charge < -0.3 is 5.32 Å². The zero-order valence-corrected chi connectivity index (χ0v) is 17.0. The first-order valence-corrected chi connectivity index (χ1v) is 11.7. The molecule has 1 N–H and O–H groups in total. The van der Waals surface area contributed by atoms with Crippen LogP contribution in [0.15, 0.2) is 52.5 Å². The van der Waals surface area contributed by atoms with Gasteiger partial charge in [-0.1, -0.05) is 13.8 Å². The molecule has 0 aliphatic heterocycles. The van der Waals surface area contributed by atoms with Gasteiger partial charge in [-0.3, -0.25) is 4.79 Å². The van der Waals surface area contributed by atoms with Crippen molar-refractivity contribution in [1.82, 2.24) is 9.29 Å². The average Bonchev–Trinajstić information content (AvgIpc) is 2.62. The van der Waals surface area contributed by atoms with E-state index in [0.29, 0.717) is 13.1 Å². The first kappa shape index (κ1) is 21.3. The van der Waals surface area contributed by atoms with Crippen molar-refractivity contribution in [3.63, 3.8) is 0 Å². The van der Waals surface area contributed by atoms with Gasteiger partial charge in [0.25, 0.3) is 15.0 Å². The van der Waals surface area contributed by atoms with Crippen LogP contribution in [0.25, 0.3) is 0 Å². The van der Waals surface area contributed by atoms with Crippen LogP contribution < -0.4 is 5.32 Å². The molecule has 2 aromatic rings. The Morgan fingerprint density at radius 3 is 2.07 bits per heavy atom. The second-order valence-electron chi connectivity index (χ2n) is 5.39. The average molecular weight is 432 g/mol. The molecule has 0 fully saturated rings. The number of nitrogens with zero attached hydrogens (tertiary/aromatic N) is 2. The van der Waals surface area contributed by atoms with E-state index in [0.717, 1.165) is 12.3 Å². The number of sulfonamides is 1. The molecule has 0 spiro atoms. The number of carbonyl (C=O) groups is 1. The summed E-state index contributed by atoms with van der Waals surface area (Å²) in [4.78, 5) is 16.0. The highest BCUT2D eigenvalue weighted by atomic mass is 35.7.